The summed E-state index contributed by atoms with van der Waals surface area (Å²) in [5.74, 6) is 1.50. The Balaban J connectivity index is 1.64. The first kappa shape index (κ1) is 11.5. The lowest BCUT2D eigenvalue weighted by atomic mass is 9.80. The molecule has 4 rings (SSSR count). The van der Waals surface area contributed by atoms with Gasteiger partial charge in [-0.25, -0.2) is 0 Å². The Kier molecular flexibility index (Phi) is 2.62. The second-order valence-corrected chi connectivity index (χ2v) is 6.06. The molecule has 1 aromatic rings. The highest BCUT2D eigenvalue weighted by molar-refractivity contribution is 5.79. The van der Waals surface area contributed by atoms with Crippen molar-refractivity contribution in [3.05, 3.63) is 29.8 Å². The molecule has 0 radical (unpaired) electrons. The van der Waals surface area contributed by atoms with Gasteiger partial charge in [0.1, 0.15) is 5.75 Å². The highest BCUT2D eigenvalue weighted by atomic mass is 16.5. The number of hydrogen-bond acceptors (Lipinski definition) is 3. The van der Waals surface area contributed by atoms with E-state index in [9.17, 15) is 4.79 Å². The number of ether oxygens (including phenoxy) is 1. The van der Waals surface area contributed by atoms with Gasteiger partial charge >= 0.3 is 5.97 Å². The normalized spacial score (nSPS) is 36.7. The smallest absolute Gasteiger partial charge is 0.316 e. The van der Waals surface area contributed by atoms with Crippen LogP contribution in [0.3, 0.4) is 0 Å². The van der Waals surface area contributed by atoms with Gasteiger partial charge in [0.15, 0.2) is 0 Å². The van der Waals surface area contributed by atoms with Crippen LogP contribution in [0.25, 0.3) is 0 Å². The molecule has 0 spiro atoms. The summed E-state index contributed by atoms with van der Waals surface area (Å²) in [7, 11) is 0. The second kappa shape index (κ2) is 4.34. The minimum Gasteiger partial charge on any atom is -0.426 e. The third kappa shape index (κ3) is 1.79. The Morgan fingerprint density at radius 1 is 1.16 bits per heavy atom. The molecule has 100 valence electrons. The van der Waals surface area contributed by atoms with Gasteiger partial charge in [-0.3, -0.25) is 9.69 Å². The summed E-state index contributed by atoms with van der Waals surface area (Å²) < 4.78 is 5.56. The zero-order valence-electron chi connectivity index (χ0n) is 11.0. The number of carbonyl (C=O) groups excluding carboxylic acids is 1. The molecular formula is C16H19NO2. The molecule has 3 heterocycles. The van der Waals surface area contributed by atoms with E-state index in [1.807, 2.05) is 18.2 Å². The topological polar surface area (TPSA) is 29.5 Å². The summed E-state index contributed by atoms with van der Waals surface area (Å²) in [6, 6.07) is 8.38. The van der Waals surface area contributed by atoms with Gasteiger partial charge in [0.25, 0.3) is 0 Å². The van der Waals surface area contributed by atoms with Crippen LogP contribution in [-0.4, -0.2) is 30.0 Å². The van der Waals surface area contributed by atoms with E-state index in [-0.39, 0.29) is 11.9 Å². The Morgan fingerprint density at radius 2 is 2.05 bits per heavy atom. The first-order valence-corrected chi connectivity index (χ1v) is 7.36. The van der Waals surface area contributed by atoms with E-state index < -0.39 is 0 Å². The van der Waals surface area contributed by atoms with E-state index in [0.29, 0.717) is 12.0 Å². The van der Waals surface area contributed by atoms with Crippen molar-refractivity contribution in [1.82, 2.24) is 4.90 Å². The molecule has 2 fully saturated rings. The molecule has 0 aliphatic carbocycles. The quantitative estimate of drug-likeness (QED) is 0.571. The minimum atomic E-state index is -0.0116. The van der Waals surface area contributed by atoms with E-state index in [2.05, 4.69) is 11.0 Å². The largest absolute Gasteiger partial charge is 0.426 e. The Morgan fingerprint density at radius 3 is 2.95 bits per heavy atom. The summed E-state index contributed by atoms with van der Waals surface area (Å²) in [4.78, 5) is 14.8. The van der Waals surface area contributed by atoms with E-state index >= 15 is 0 Å². The first-order chi connectivity index (χ1) is 9.33. The lowest BCUT2D eigenvalue weighted by Gasteiger charge is -2.39. The van der Waals surface area contributed by atoms with Crippen molar-refractivity contribution < 1.29 is 9.53 Å². The van der Waals surface area contributed by atoms with Crippen LogP contribution >= 0.6 is 0 Å². The van der Waals surface area contributed by atoms with Crippen LogP contribution in [0.5, 0.6) is 5.75 Å². The van der Waals surface area contributed by atoms with Gasteiger partial charge < -0.3 is 4.74 Å². The summed E-state index contributed by atoms with van der Waals surface area (Å²) in [6.07, 6.45) is 4.69. The highest BCUT2D eigenvalue weighted by Crippen LogP contribution is 2.41. The molecule has 4 unspecified atom stereocenters. The van der Waals surface area contributed by atoms with Crippen molar-refractivity contribution in [2.24, 2.45) is 11.8 Å². The van der Waals surface area contributed by atoms with Crippen LogP contribution < -0.4 is 4.74 Å². The zero-order valence-corrected chi connectivity index (χ0v) is 11.0. The molecule has 0 N–H and O–H groups in total. The van der Waals surface area contributed by atoms with Crippen molar-refractivity contribution in [3.63, 3.8) is 0 Å². The highest BCUT2D eigenvalue weighted by Gasteiger charge is 2.46. The molecule has 3 aliphatic heterocycles. The van der Waals surface area contributed by atoms with Gasteiger partial charge in [-0.05, 0) is 56.3 Å². The molecule has 3 nitrogen and oxygen atoms in total. The van der Waals surface area contributed by atoms with Crippen LogP contribution in [-0.2, 0) is 11.2 Å². The standard InChI is InChI=1S/C16H19NO2/c18-16-13(10-12-4-1-2-6-14(12)19-16)15-11-5-3-8-17(15)9-7-11/h1-2,4,6,11,13,15H,3,5,7-10H2. The number of benzene rings is 1. The monoisotopic (exact) mass is 257 g/mol. The molecule has 0 amide bonds. The number of rotatable bonds is 1. The number of carbonyl (C=O) groups is 1. The predicted molar refractivity (Wildman–Crippen MR) is 72.0 cm³/mol. The number of fused-ring (bicyclic) bond motifs is 3. The van der Waals surface area contributed by atoms with E-state index in [1.54, 1.807) is 0 Å². The molecule has 3 aliphatic rings. The Hall–Kier alpha value is -1.35. The molecule has 3 heteroatoms. The van der Waals surface area contributed by atoms with Crippen LogP contribution in [0.15, 0.2) is 24.3 Å². The van der Waals surface area contributed by atoms with Crippen molar-refractivity contribution in [2.75, 3.05) is 13.1 Å². The van der Waals surface area contributed by atoms with Gasteiger partial charge in [0.05, 0.1) is 5.92 Å². The molecular weight excluding hydrogens is 238 g/mol. The summed E-state index contributed by atoms with van der Waals surface area (Å²) >= 11 is 0. The predicted octanol–water partition coefficient (Wildman–Crippen LogP) is 2.25. The molecule has 2 bridgehead atoms. The van der Waals surface area contributed by atoms with Gasteiger partial charge in [-0.1, -0.05) is 18.2 Å². The number of hydrogen-bond donors (Lipinski definition) is 0. The van der Waals surface area contributed by atoms with Crippen molar-refractivity contribution >= 4 is 5.97 Å². The molecule has 1 aromatic carbocycles. The fourth-order valence-corrected chi connectivity index (χ4v) is 4.20. The molecule has 4 atom stereocenters. The maximum atomic E-state index is 12.3. The molecule has 19 heavy (non-hydrogen) atoms. The lowest BCUT2D eigenvalue weighted by molar-refractivity contribution is -0.143. The Bertz CT molecular complexity index is 497. The average Bonchev–Trinajstić information content (AvgIpc) is 2.67. The van der Waals surface area contributed by atoms with E-state index in [4.69, 9.17) is 4.74 Å². The summed E-state index contributed by atoms with van der Waals surface area (Å²) in [6.45, 7) is 2.33. The number of piperidine rings is 1. The molecule has 0 aromatic heterocycles. The van der Waals surface area contributed by atoms with Crippen molar-refractivity contribution in [3.8, 4) is 5.75 Å². The Labute approximate surface area is 113 Å². The summed E-state index contributed by atoms with van der Waals surface area (Å²) in [5, 5.41) is 0. The molecule has 0 saturated carbocycles. The van der Waals surface area contributed by atoms with Gasteiger partial charge in [0, 0.05) is 6.04 Å². The van der Waals surface area contributed by atoms with E-state index in [1.165, 1.54) is 31.4 Å². The zero-order chi connectivity index (χ0) is 12.8. The van der Waals surface area contributed by atoms with Gasteiger partial charge in [-0.2, -0.15) is 0 Å². The van der Waals surface area contributed by atoms with E-state index in [0.717, 1.165) is 18.7 Å². The maximum Gasteiger partial charge on any atom is 0.316 e. The summed E-state index contributed by atoms with van der Waals surface area (Å²) in [5.41, 5.74) is 1.19. The number of esters is 1. The number of nitrogens with zero attached hydrogens (tertiary/aromatic N) is 1. The minimum absolute atomic E-state index is 0.0116. The fraction of sp³-hybridized carbons (Fsp3) is 0.562. The average molecular weight is 257 g/mol. The SMILES string of the molecule is O=C1Oc2ccccc2CC1C1C2CCCN1CC2. The number of para-hydroxylation sites is 1. The first-order valence-electron chi connectivity index (χ1n) is 7.36. The maximum absolute atomic E-state index is 12.3. The van der Waals surface area contributed by atoms with Crippen LogP contribution in [0.4, 0.5) is 0 Å². The van der Waals surface area contributed by atoms with Crippen LogP contribution in [0, 0.1) is 11.8 Å². The fourth-order valence-electron chi connectivity index (χ4n) is 4.20. The third-order valence-electron chi connectivity index (χ3n) is 5.05. The third-order valence-corrected chi connectivity index (χ3v) is 5.05. The second-order valence-electron chi connectivity index (χ2n) is 6.06. The van der Waals surface area contributed by atoms with Crippen molar-refractivity contribution in [1.29, 1.82) is 0 Å². The van der Waals surface area contributed by atoms with Crippen LogP contribution in [0.2, 0.25) is 0 Å². The van der Waals surface area contributed by atoms with Gasteiger partial charge in [-0.15, -0.1) is 0 Å². The molecule has 2 saturated heterocycles. The van der Waals surface area contributed by atoms with Crippen molar-refractivity contribution in [2.45, 2.75) is 31.7 Å². The lowest BCUT2D eigenvalue weighted by Crippen LogP contribution is -2.48. The van der Waals surface area contributed by atoms with Crippen LogP contribution in [0.1, 0.15) is 24.8 Å². The van der Waals surface area contributed by atoms with Gasteiger partial charge in [0.2, 0.25) is 0 Å².